The molecule has 0 spiro atoms. The molecule has 0 aromatic heterocycles. The predicted octanol–water partition coefficient (Wildman–Crippen LogP) is 3.10. The van der Waals surface area contributed by atoms with Crippen LogP contribution in [0, 0.1) is 0 Å². The van der Waals surface area contributed by atoms with Crippen LogP contribution in [-0.4, -0.2) is 29.8 Å². The zero-order valence-electron chi connectivity index (χ0n) is 11.1. The number of nitrogens with one attached hydrogen (secondary N) is 1. The molecule has 0 saturated heterocycles. The van der Waals surface area contributed by atoms with Crippen LogP contribution in [0.25, 0.3) is 0 Å². The van der Waals surface area contributed by atoms with Crippen LogP contribution in [0.15, 0.2) is 49.6 Å². The van der Waals surface area contributed by atoms with E-state index in [2.05, 4.69) is 18.5 Å². The smallest absolute Gasteiger partial charge is 0.317 e. The van der Waals surface area contributed by atoms with Crippen LogP contribution < -0.4 is 5.32 Å². The van der Waals surface area contributed by atoms with E-state index in [-0.39, 0.29) is 11.8 Å². The summed E-state index contributed by atoms with van der Waals surface area (Å²) >= 11 is 0. The molecule has 1 aromatic carbocycles. The molecule has 100 valence electrons. The fourth-order valence-electron chi connectivity index (χ4n) is 1.54. The van der Waals surface area contributed by atoms with Gasteiger partial charge in [-0.25, -0.2) is 4.79 Å². The maximum Gasteiger partial charge on any atom is 0.322 e. The molecule has 0 aliphatic heterocycles. The van der Waals surface area contributed by atoms with Crippen molar-refractivity contribution in [2.24, 2.45) is 0 Å². The van der Waals surface area contributed by atoms with Crippen LogP contribution in [0.4, 0.5) is 10.5 Å². The first-order chi connectivity index (χ1) is 9.08. The highest BCUT2D eigenvalue weighted by molar-refractivity contribution is 5.95. The summed E-state index contributed by atoms with van der Waals surface area (Å²) in [6.45, 7) is 9.62. The van der Waals surface area contributed by atoms with Gasteiger partial charge in [0, 0.05) is 24.3 Å². The minimum absolute atomic E-state index is 0.00202. The van der Waals surface area contributed by atoms with Gasteiger partial charge in [0.05, 0.1) is 0 Å². The molecule has 1 aromatic rings. The van der Waals surface area contributed by atoms with Gasteiger partial charge in [-0.15, -0.1) is 13.2 Å². The molecule has 4 heteroatoms. The van der Waals surface area contributed by atoms with Gasteiger partial charge in [0.25, 0.3) is 0 Å². The normalized spacial score (nSPS) is 9.53. The van der Waals surface area contributed by atoms with E-state index >= 15 is 0 Å². The molecule has 4 nitrogen and oxygen atoms in total. The molecule has 1 rings (SSSR count). The Morgan fingerprint density at radius 1 is 1.16 bits per heavy atom. The van der Waals surface area contributed by atoms with Gasteiger partial charge in [0.15, 0.2) is 5.78 Å². The lowest BCUT2D eigenvalue weighted by Gasteiger charge is -2.19. The van der Waals surface area contributed by atoms with E-state index < -0.39 is 0 Å². The Morgan fingerprint density at radius 3 is 2.11 bits per heavy atom. The van der Waals surface area contributed by atoms with E-state index in [1.807, 2.05) is 0 Å². The minimum Gasteiger partial charge on any atom is -0.317 e. The molecule has 0 aliphatic carbocycles. The quantitative estimate of drug-likeness (QED) is 0.629. The van der Waals surface area contributed by atoms with Crippen LogP contribution in [0.2, 0.25) is 0 Å². The Morgan fingerprint density at radius 2 is 1.68 bits per heavy atom. The summed E-state index contributed by atoms with van der Waals surface area (Å²) in [5.41, 5.74) is 1.26. The number of rotatable bonds is 6. The molecule has 0 unspecified atom stereocenters. The third-order valence-electron chi connectivity index (χ3n) is 2.53. The molecule has 0 bridgehead atoms. The van der Waals surface area contributed by atoms with Gasteiger partial charge in [-0.1, -0.05) is 12.2 Å². The molecule has 0 aliphatic rings. The van der Waals surface area contributed by atoms with Crippen LogP contribution in [0.1, 0.15) is 17.3 Å². The van der Waals surface area contributed by atoms with Crippen molar-refractivity contribution in [3.05, 3.63) is 55.1 Å². The molecular formula is C15H18N2O2. The number of nitrogens with zero attached hydrogens (tertiary/aromatic N) is 1. The van der Waals surface area contributed by atoms with E-state index in [1.54, 1.807) is 41.3 Å². The maximum absolute atomic E-state index is 12.0. The minimum atomic E-state index is -0.227. The lowest BCUT2D eigenvalue weighted by atomic mass is 10.1. The van der Waals surface area contributed by atoms with Crippen molar-refractivity contribution in [3.8, 4) is 0 Å². The average molecular weight is 258 g/mol. The number of anilines is 1. The Bertz CT molecular complexity index is 467. The van der Waals surface area contributed by atoms with E-state index in [9.17, 15) is 9.59 Å². The highest BCUT2D eigenvalue weighted by atomic mass is 16.2. The third-order valence-corrected chi connectivity index (χ3v) is 2.53. The largest absolute Gasteiger partial charge is 0.322 e. The lowest BCUT2D eigenvalue weighted by Crippen LogP contribution is -2.35. The molecule has 19 heavy (non-hydrogen) atoms. The van der Waals surface area contributed by atoms with Crippen molar-refractivity contribution >= 4 is 17.5 Å². The summed E-state index contributed by atoms with van der Waals surface area (Å²) in [4.78, 5) is 24.7. The SMILES string of the molecule is C=CCN(CC=C)C(=O)Nc1ccc(C(C)=O)cc1. The summed E-state index contributed by atoms with van der Waals surface area (Å²) in [6, 6.07) is 6.55. The second-order valence-corrected chi connectivity index (χ2v) is 4.05. The maximum atomic E-state index is 12.0. The van der Waals surface area contributed by atoms with Crippen molar-refractivity contribution in [3.63, 3.8) is 0 Å². The van der Waals surface area contributed by atoms with Gasteiger partial charge in [-0.2, -0.15) is 0 Å². The number of hydrogen-bond acceptors (Lipinski definition) is 2. The van der Waals surface area contributed by atoms with Gasteiger partial charge >= 0.3 is 6.03 Å². The Labute approximate surface area is 113 Å². The van der Waals surface area contributed by atoms with Crippen LogP contribution >= 0.6 is 0 Å². The van der Waals surface area contributed by atoms with Crippen LogP contribution in [-0.2, 0) is 0 Å². The van der Waals surface area contributed by atoms with Gasteiger partial charge in [-0.3, -0.25) is 4.79 Å². The van der Waals surface area contributed by atoms with Gasteiger partial charge < -0.3 is 10.2 Å². The molecule has 0 saturated carbocycles. The molecule has 0 fully saturated rings. The van der Waals surface area contributed by atoms with E-state index in [1.165, 1.54) is 6.92 Å². The standard InChI is InChI=1S/C15H18N2O2/c1-4-10-17(11-5-2)15(19)16-14-8-6-13(7-9-14)12(3)18/h4-9H,1-2,10-11H2,3H3,(H,16,19). The summed E-state index contributed by atoms with van der Waals surface area (Å²) < 4.78 is 0. The van der Waals surface area contributed by atoms with Crippen molar-refractivity contribution < 1.29 is 9.59 Å². The van der Waals surface area contributed by atoms with Crippen LogP contribution in [0.5, 0.6) is 0 Å². The van der Waals surface area contributed by atoms with E-state index in [4.69, 9.17) is 0 Å². The Kier molecular flexibility index (Phi) is 5.54. The number of urea groups is 1. The average Bonchev–Trinajstić information content (AvgIpc) is 2.39. The molecular weight excluding hydrogens is 240 g/mol. The van der Waals surface area contributed by atoms with Gasteiger partial charge in [0.2, 0.25) is 0 Å². The van der Waals surface area contributed by atoms with Crippen molar-refractivity contribution in [1.82, 2.24) is 4.90 Å². The number of Topliss-reactive ketones (excluding diaryl/α,β-unsaturated/α-hetero) is 1. The lowest BCUT2D eigenvalue weighted by molar-refractivity contribution is 0.101. The number of hydrogen-bond donors (Lipinski definition) is 1. The van der Waals surface area contributed by atoms with Crippen molar-refractivity contribution in [2.75, 3.05) is 18.4 Å². The molecule has 0 radical (unpaired) electrons. The first-order valence-electron chi connectivity index (χ1n) is 5.97. The fraction of sp³-hybridized carbons (Fsp3) is 0.200. The van der Waals surface area contributed by atoms with E-state index in [0.717, 1.165) is 0 Å². The summed E-state index contributed by atoms with van der Waals surface area (Å²) in [5.74, 6) is -0.00202. The van der Waals surface area contributed by atoms with Gasteiger partial charge in [0.1, 0.15) is 0 Å². The third kappa shape index (κ3) is 4.43. The second kappa shape index (κ2) is 7.16. The van der Waals surface area contributed by atoms with Crippen LogP contribution in [0.3, 0.4) is 0 Å². The summed E-state index contributed by atoms with van der Waals surface area (Å²) in [7, 11) is 0. The van der Waals surface area contributed by atoms with E-state index in [0.29, 0.717) is 24.3 Å². The summed E-state index contributed by atoms with van der Waals surface area (Å²) in [6.07, 6.45) is 3.31. The van der Waals surface area contributed by atoms with Gasteiger partial charge in [-0.05, 0) is 31.2 Å². The molecule has 1 N–H and O–H groups in total. The number of amides is 2. The summed E-state index contributed by atoms with van der Waals surface area (Å²) in [5, 5.41) is 2.76. The molecule has 0 atom stereocenters. The molecule has 2 amide bonds. The Hall–Kier alpha value is -2.36. The molecule has 0 heterocycles. The number of ketones is 1. The number of benzene rings is 1. The Balaban J connectivity index is 2.71. The highest BCUT2D eigenvalue weighted by Gasteiger charge is 2.10. The first kappa shape index (κ1) is 14.7. The topological polar surface area (TPSA) is 49.4 Å². The number of carbonyl (C=O) groups excluding carboxylic acids is 2. The van der Waals surface area contributed by atoms with Crippen molar-refractivity contribution in [1.29, 1.82) is 0 Å². The fourth-order valence-corrected chi connectivity index (χ4v) is 1.54. The first-order valence-corrected chi connectivity index (χ1v) is 5.97. The zero-order valence-corrected chi connectivity index (χ0v) is 11.1. The zero-order chi connectivity index (χ0) is 14.3. The van der Waals surface area contributed by atoms with Crippen molar-refractivity contribution in [2.45, 2.75) is 6.92 Å². The highest BCUT2D eigenvalue weighted by Crippen LogP contribution is 2.11. The predicted molar refractivity (Wildman–Crippen MR) is 77.4 cm³/mol. The second-order valence-electron chi connectivity index (χ2n) is 4.05. The number of carbonyl (C=O) groups is 2. The monoisotopic (exact) mass is 258 g/mol.